The van der Waals surface area contributed by atoms with Gasteiger partial charge in [0.1, 0.15) is 17.4 Å². The lowest BCUT2D eigenvalue weighted by Crippen LogP contribution is -2.27. The minimum absolute atomic E-state index is 0.153. The smallest absolute Gasteiger partial charge is 0.255 e. The maximum Gasteiger partial charge on any atom is 0.255 e. The van der Waals surface area contributed by atoms with E-state index in [1.807, 2.05) is 34.7 Å². The number of nitrogens with two attached hydrogens (primary N) is 1. The number of benzene rings is 2. The monoisotopic (exact) mass is 474 g/mol. The van der Waals surface area contributed by atoms with Crippen LogP contribution in [0.2, 0.25) is 0 Å². The Bertz CT molecular complexity index is 1360. The van der Waals surface area contributed by atoms with Crippen molar-refractivity contribution in [2.75, 3.05) is 19.4 Å². The van der Waals surface area contributed by atoms with Crippen molar-refractivity contribution in [3.05, 3.63) is 77.4 Å². The van der Waals surface area contributed by atoms with Gasteiger partial charge in [-0.25, -0.2) is 14.4 Å². The highest BCUT2D eigenvalue weighted by atomic mass is 19.1. The minimum atomic E-state index is -0.496. The van der Waals surface area contributed by atoms with Crippen molar-refractivity contribution < 1.29 is 13.9 Å². The number of carbonyl (C=O) groups excluding carboxylic acids is 1. The lowest BCUT2D eigenvalue weighted by molar-refractivity contribution is 0.0947. The van der Waals surface area contributed by atoms with Crippen LogP contribution in [0.3, 0.4) is 0 Å². The molecule has 1 atom stereocenters. The van der Waals surface area contributed by atoms with E-state index in [0.29, 0.717) is 11.7 Å². The quantitative estimate of drug-likeness (QED) is 0.392. The molecule has 0 radical (unpaired) electrons. The van der Waals surface area contributed by atoms with Crippen LogP contribution in [-0.2, 0) is 6.54 Å². The molecule has 35 heavy (non-hydrogen) atoms. The summed E-state index contributed by atoms with van der Waals surface area (Å²) < 4.78 is 20.7. The van der Waals surface area contributed by atoms with Gasteiger partial charge in [-0.15, -0.1) is 0 Å². The number of aromatic nitrogens is 3. The normalized spacial score (nSPS) is 15.8. The predicted molar refractivity (Wildman–Crippen MR) is 132 cm³/mol. The molecule has 2 aromatic carbocycles. The second kappa shape index (κ2) is 9.71. The number of methoxy groups -OCH3 is 1. The molecule has 0 bridgehead atoms. The zero-order valence-electron chi connectivity index (χ0n) is 19.4. The Morgan fingerprint density at radius 2 is 2.06 bits per heavy atom. The van der Waals surface area contributed by atoms with Crippen molar-refractivity contribution in [1.29, 1.82) is 0 Å². The van der Waals surface area contributed by atoms with Gasteiger partial charge in [0.15, 0.2) is 0 Å². The third-order valence-corrected chi connectivity index (χ3v) is 6.32. The van der Waals surface area contributed by atoms with Crippen LogP contribution in [0, 0.1) is 5.82 Å². The van der Waals surface area contributed by atoms with Crippen LogP contribution < -0.4 is 21.1 Å². The Morgan fingerprint density at radius 3 is 2.80 bits per heavy atom. The zero-order valence-corrected chi connectivity index (χ0v) is 19.4. The molecule has 1 amide bonds. The third kappa shape index (κ3) is 4.54. The second-order valence-electron chi connectivity index (χ2n) is 8.57. The van der Waals surface area contributed by atoms with Crippen molar-refractivity contribution in [2.24, 2.45) is 0 Å². The van der Waals surface area contributed by atoms with Gasteiger partial charge in [0, 0.05) is 18.3 Å². The number of hydrogen-bond donors (Lipinski definition) is 3. The number of carbonyl (C=O) groups is 1. The molecule has 0 spiro atoms. The van der Waals surface area contributed by atoms with E-state index in [1.54, 1.807) is 6.20 Å². The van der Waals surface area contributed by atoms with E-state index in [1.165, 1.54) is 25.7 Å². The summed E-state index contributed by atoms with van der Waals surface area (Å²) in [6, 6.07) is 13.7. The molecule has 4 N–H and O–H groups in total. The molecule has 1 fully saturated rings. The summed E-state index contributed by atoms with van der Waals surface area (Å²) >= 11 is 0. The van der Waals surface area contributed by atoms with E-state index in [4.69, 9.17) is 15.5 Å². The molecular weight excluding hydrogens is 447 g/mol. The standard InChI is InChI=1S/C26H27FN6O2/c1-35-22-10-9-18(27)14-19(22)25(34)31-15-16-5-7-17(8-6-16)24-32-23(20-4-2-3-12-29-20)21-11-13-30-26(28)33(21)24/h5-11,13-14,20,29H,2-4,12,15H2,1H3,(H2,28,30)(H,31,34). The molecule has 1 saturated heterocycles. The summed E-state index contributed by atoms with van der Waals surface area (Å²) in [6.45, 7) is 1.25. The van der Waals surface area contributed by atoms with Gasteiger partial charge in [0.25, 0.3) is 5.91 Å². The number of imidazole rings is 1. The summed E-state index contributed by atoms with van der Waals surface area (Å²) in [5.74, 6) is 0.525. The average molecular weight is 475 g/mol. The van der Waals surface area contributed by atoms with Crippen molar-refractivity contribution >= 4 is 17.4 Å². The highest BCUT2D eigenvalue weighted by Crippen LogP contribution is 2.31. The van der Waals surface area contributed by atoms with E-state index >= 15 is 0 Å². The third-order valence-electron chi connectivity index (χ3n) is 6.32. The Kier molecular flexibility index (Phi) is 6.33. The zero-order chi connectivity index (χ0) is 24.4. The minimum Gasteiger partial charge on any atom is -0.496 e. The van der Waals surface area contributed by atoms with Crippen LogP contribution in [0.25, 0.3) is 16.9 Å². The average Bonchev–Trinajstić information content (AvgIpc) is 3.29. The first-order valence-electron chi connectivity index (χ1n) is 11.6. The van der Waals surface area contributed by atoms with Gasteiger partial charge in [-0.1, -0.05) is 30.7 Å². The molecule has 4 aromatic rings. The lowest BCUT2D eigenvalue weighted by atomic mass is 10.0. The molecule has 0 aliphatic carbocycles. The number of nitrogens with one attached hydrogen (secondary N) is 2. The Morgan fingerprint density at radius 1 is 1.23 bits per heavy atom. The number of halogens is 1. The first-order chi connectivity index (χ1) is 17.0. The van der Waals surface area contributed by atoms with E-state index in [2.05, 4.69) is 15.6 Å². The summed E-state index contributed by atoms with van der Waals surface area (Å²) in [5, 5.41) is 6.38. The van der Waals surface area contributed by atoms with Gasteiger partial charge in [0.05, 0.1) is 29.9 Å². The maximum absolute atomic E-state index is 13.6. The molecule has 5 rings (SSSR count). The summed E-state index contributed by atoms with van der Waals surface area (Å²) in [6.07, 6.45) is 5.07. The van der Waals surface area contributed by atoms with E-state index < -0.39 is 11.7 Å². The largest absolute Gasteiger partial charge is 0.496 e. The number of nitrogens with zero attached hydrogens (tertiary/aromatic N) is 3. The van der Waals surface area contributed by atoms with E-state index in [9.17, 15) is 9.18 Å². The first kappa shape index (κ1) is 22.8. The number of rotatable bonds is 6. The first-order valence-corrected chi connectivity index (χ1v) is 11.6. The molecule has 1 unspecified atom stereocenters. The molecule has 3 heterocycles. The van der Waals surface area contributed by atoms with Crippen molar-refractivity contribution in [1.82, 2.24) is 25.0 Å². The number of piperidine rings is 1. The summed E-state index contributed by atoms with van der Waals surface area (Å²) in [4.78, 5) is 21.8. The molecular formula is C26H27FN6O2. The highest BCUT2D eigenvalue weighted by molar-refractivity contribution is 5.96. The van der Waals surface area contributed by atoms with Crippen molar-refractivity contribution in [2.45, 2.75) is 31.8 Å². The Labute approximate surface area is 202 Å². The van der Waals surface area contributed by atoms with Crippen LogP contribution in [0.15, 0.2) is 54.7 Å². The van der Waals surface area contributed by atoms with Crippen molar-refractivity contribution in [3.8, 4) is 17.1 Å². The SMILES string of the molecule is COc1ccc(F)cc1C(=O)NCc1ccc(-c2nc(C3CCCCN3)c3ccnc(N)n23)cc1. The molecule has 1 aliphatic heterocycles. The predicted octanol–water partition coefficient (Wildman–Crippen LogP) is 3.87. The summed E-state index contributed by atoms with van der Waals surface area (Å²) in [7, 11) is 1.44. The maximum atomic E-state index is 13.6. The van der Waals surface area contributed by atoms with Gasteiger partial charge in [0.2, 0.25) is 5.95 Å². The molecule has 180 valence electrons. The van der Waals surface area contributed by atoms with Gasteiger partial charge < -0.3 is 21.1 Å². The fraction of sp³-hybridized carbons (Fsp3) is 0.269. The van der Waals surface area contributed by atoms with Crippen LogP contribution in [0.4, 0.5) is 10.3 Å². The number of anilines is 1. The Hall–Kier alpha value is -3.98. The molecule has 1 aliphatic rings. The fourth-order valence-corrected chi connectivity index (χ4v) is 4.53. The van der Waals surface area contributed by atoms with Crippen LogP contribution in [0.5, 0.6) is 5.75 Å². The molecule has 8 nitrogen and oxygen atoms in total. The lowest BCUT2D eigenvalue weighted by Gasteiger charge is -2.22. The molecule has 9 heteroatoms. The topological polar surface area (TPSA) is 107 Å². The van der Waals surface area contributed by atoms with Crippen molar-refractivity contribution in [3.63, 3.8) is 0 Å². The van der Waals surface area contributed by atoms with Gasteiger partial charge in [-0.3, -0.25) is 9.20 Å². The number of amides is 1. The molecule has 2 aromatic heterocycles. The fourth-order valence-electron chi connectivity index (χ4n) is 4.53. The molecule has 0 saturated carbocycles. The second-order valence-corrected chi connectivity index (χ2v) is 8.57. The van der Waals surface area contributed by atoms with Gasteiger partial charge >= 0.3 is 0 Å². The summed E-state index contributed by atoms with van der Waals surface area (Å²) in [5.41, 5.74) is 10.1. The van der Waals surface area contributed by atoms with Crippen LogP contribution >= 0.6 is 0 Å². The van der Waals surface area contributed by atoms with E-state index in [-0.39, 0.29) is 18.2 Å². The number of fused-ring (bicyclic) bond motifs is 1. The van der Waals surface area contributed by atoms with Gasteiger partial charge in [-0.05, 0) is 49.2 Å². The van der Waals surface area contributed by atoms with Crippen LogP contribution in [0.1, 0.15) is 46.9 Å². The number of hydrogen-bond acceptors (Lipinski definition) is 6. The van der Waals surface area contributed by atoms with Crippen LogP contribution in [-0.4, -0.2) is 33.9 Å². The number of nitrogen functional groups attached to an aromatic ring is 1. The van der Waals surface area contributed by atoms with Gasteiger partial charge in [-0.2, -0.15) is 0 Å². The Balaban J connectivity index is 1.38. The van der Waals surface area contributed by atoms with E-state index in [0.717, 1.165) is 53.6 Å². The highest BCUT2D eigenvalue weighted by Gasteiger charge is 2.23. The number of ether oxygens (including phenoxy) is 1.